The van der Waals surface area contributed by atoms with Gasteiger partial charge in [-0.05, 0) is 18.1 Å². The van der Waals surface area contributed by atoms with Crippen LogP contribution in [0, 0.1) is 11.3 Å². The minimum absolute atomic E-state index is 0.227. The zero-order valence-electron chi connectivity index (χ0n) is 11.1. The van der Waals surface area contributed by atoms with Crippen LogP contribution in [0.4, 0.5) is 0 Å². The Bertz CT molecular complexity index is 608. The number of carbonyl (C=O) groups is 2. The molecule has 0 radical (unpaired) electrons. The molecule has 6 heteroatoms. The number of aliphatic hydroxyl groups is 1. The predicted molar refractivity (Wildman–Crippen MR) is 71.4 cm³/mol. The molecule has 0 saturated heterocycles. The Kier molecular flexibility index (Phi) is 3.53. The van der Waals surface area contributed by atoms with Crippen LogP contribution in [0.25, 0.3) is 4.98 Å². The summed E-state index contributed by atoms with van der Waals surface area (Å²) in [6.07, 6.45) is 0.828. The Balaban J connectivity index is 2.49. The molecule has 1 aromatic carbocycles. The van der Waals surface area contributed by atoms with E-state index in [4.69, 9.17) is 5.39 Å². The SMILES string of the molecule is CC(C)[C@@H](C(O)=C[N+]#N)N1C(=O)c2ccccc2C1=O. The summed E-state index contributed by atoms with van der Waals surface area (Å²) in [5, 5.41) is 18.4. The van der Waals surface area contributed by atoms with Crippen LogP contribution in [-0.2, 0) is 0 Å². The van der Waals surface area contributed by atoms with Gasteiger partial charge < -0.3 is 5.11 Å². The number of imide groups is 1. The fraction of sp³-hybridized carbons (Fsp3) is 0.286. The molecule has 1 aromatic rings. The summed E-state index contributed by atoms with van der Waals surface area (Å²) in [4.78, 5) is 28.4. The molecule has 20 heavy (non-hydrogen) atoms. The van der Waals surface area contributed by atoms with E-state index in [-0.39, 0.29) is 11.7 Å². The van der Waals surface area contributed by atoms with Gasteiger partial charge in [0, 0.05) is 0 Å². The number of carbonyl (C=O) groups excluding carboxylic acids is 2. The van der Waals surface area contributed by atoms with Crippen LogP contribution in [0.5, 0.6) is 0 Å². The van der Waals surface area contributed by atoms with Crippen LogP contribution in [0.15, 0.2) is 36.2 Å². The van der Waals surface area contributed by atoms with Crippen molar-refractivity contribution in [3.63, 3.8) is 0 Å². The topological polar surface area (TPSA) is 85.8 Å². The molecule has 6 nitrogen and oxygen atoms in total. The summed E-state index contributed by atoms with van der Waals surface area (Å²) in [7, 11) is 0. The minimum Gasteiger partial charge on any atom is -0.504 e. The number of hydrogen-bond donors (Lipinski definition) is 1. The average molecular weight is 272 g/mol. The fourth-order valence-electron chi connectivity index (χ4n) is 2.37. The lowest BCUT2D eigenvalue weighted by atomic mass is 10.0. The maximum atomic E-state index is 12.3. The summed E-state index contributed by atoms with van der Waals surface area (Å²) < 4.78 is 0. The van der Waals surface area contributed by atoms with E-state index < -0.39 is 17.9 Å². The molecule has 0 spiro atoms. The van der Waals surface area contributed by atoms with Crippen LogP contribution in [0.1, 0.15) is 34.6 Å². The zero-order valence-corrected chi connectivity index (χ0v) is 11.1. The van der Waals surface area contributed by atoms with Gasteiger partial charge >= 0.3 is 6.20 Å². The maximum Gasteiger partial charge on any atom is 0.389 e. The van der Waals surface area contributed by atoms with Gasteiger partial charge in [0.1, 0.15) is 6.04 Å². The van der Waals surface area contributed by atoms with Gasteiger partial charge in [0.25, 0.3) is 11.8 Å². The third-order valence-electron chi connectivity index (χ3n) is 3.23. The van der Waals surface area contributed by atoms with Crippen molar-refractivity contribution in [1.82, 2.24) is 4.90 Å². The molecule has 1 heterocycles. The summed E-state index contributed by atoms with van der Waals surface area (Å²) in [5.41, 5.74) is 0.633. The fourth-order valence-corrected chi connectivity index (χ4v) is 2.37. The molecule has 1 aliphatic heterocycles. The third kappa shape index (κ3) is 2.03. The highest BCUT2D eigenvalue weighted by Crippen LogP contribution is 2.29. The smallest absolute Gasteiger partial charge is 0.389 e. The van der Waals surface area contributed by atoms with Crippen molar-refractivity contribution >= 4 is 11.8 Å². The molecule has 0 aliphatic carbocycles. The van der Waals surface area contributed by atoms with E-state index in [1.165, 1.54) is 0 Å². The van der Waals surface area contributed by atoms with Gasteiger partial charge in [0.05, 0.1) is 11.1 Å². The Hall–Kier alpha value is -2.68. The van der Waals surface area contributed by atoms with Gasteiger partial charge in [0.15, 0.2) is 4.98 Å². The summed E-state index contributed by atoms with van der Waals surface area (Å²) in [6.45, 7) is 3.52. The number of benzene rings is 1. The Morgan fingerprint density at radius 1 is 1.25 bits per heavy atom. The number of nitrogens with zero attached hydrogens (tertiary/aromatic N) is 3. The van der Waals surface area contributed by atoms with Crippen molar-refractivity contribution in [3.05, 3.63) is 52.3 Å². The molecule has 2 amide bonds. The first-order valence-corrected chi connectivity index (χ1v) is 6.19. The molecular weight excluding hydrogens is 258 g/mol. The molecule has 0 aromatic heterocycles. The van der Waals surface area contributed by atoms with Crippen molar-refractivity contribution in [2.45, 2.75) is 19.9 Å². The van der Waals surface area contributed by atoms with E-state index in [0.29, 0.717) is 11.1 Å². The van der Waals surface area contributed by atoms with Crippen LogP contribution >= 0.6 is 0 Å². The molecule has 1 atom stereocenters. The van der Waals surface area contributed by atoms with E-state index in [1.54, 1.807) is 38.1 Å². The number of fused-ring (bicyclic) bond motifs is 1. The maximum absolute atomic E-state index is 12.3. The van der Waals surface area contributed by atoms with Crippen LogP contribution in [-0.4, -0.2) is 27.9 Å². The van der Waals surface area contributed by atoms with E-state index in [0.717, 1.165) is 11.1 Å². The molecular formula is C14H14N3O3+. The second kappa shape index (κ2) is 5.13. The van der Waals surface area contributed by atoms with E-state index >= 15 is 0 Å². The average Bonchev–Trinajstić information content (AvgIpc) is 2.65. The monoisotopic (exact) mass is 272 g/mol. The first-order chi connectivity index (χ1) is 9.49. The summed E-state index contributed by atoms with van der Waals surface area (Å²) in [5.74, 6) is -1.48. The lowest BCUT2D eigenvalue weighted by Gasteiger charge is -2.27. The molecule has 0 bridgehead atoms. The lowest BCUT2D eigenvalue weighted by Crippen LogP contribution is -2.44. The van der Waals surface area contributed by atoms with E-state index in [9.17, 15) is 14.7 Å². The first-order valence-electron chi connectivity index (χ1n) is 6.19. The van der Waals surface area contributed by atoms with Crippen LogP contribution in [0.2, 0.25) is 0 Å². The minimum atomic E-state index is -0.863. The van der Waals surface area contributed by atoms with Crippen molar-refractivity contribution in [1.29, 1.82) is 5.39 Å². The summed E-state index contributed by atoms with van der Waals surface area (Å²) >= 11 is 0. The van der Waals surface area contributed by atoms with Crippen LogP contribution < -0.4 is 0 Å². The first kappa shape index (κ1) is 13.7. The van der Waals surface area contributed by atoms with Gasteiger partial charge in [-0.2, -0.15) is 0 Å². The second-order valence-corrected chi connectivity index (χ2v) is 4.88. The molecule has 102 valence electrons. The number of rotatable bonds is 3. The highest BCUT2D eigenvalue weighted by Gasteiger charge is 2.43. The van der Waals surface area contributed by atoms with Gasteiger partial charge in [-0.25, -0.2) is 0 Å². The van der Waals surface area contributed by atoms with Gasteiger partial charge in [0.2, 0.25) is 11.2 Å². The van der Waals surface area contributed by atoms with Crippen molar-refractivity contribution in [2.24, 2.45) is 5.92 Å². The molecule has 2 rings (SSSR count). The highest BCUT2D eigenvalue weighted by molar-refractivity contribution is 6.21. The highest BCUT2D eigenvalue weighted by atomic mass is 16.3. The van der Waals surface area contributed by atoms with E-state index in [2.05, 4.69) is 4.98 Å². The molecule has 0 saturated carbocycles. The Morgan fingerprint density at radius 2 is 1.75 bits per heavy atom. The van der Waals surface area contributed by atoms with Gasteiger partial charge in [-0.1, -0.05) is 26.0 Å². The molecule has 0 unspecified atom stereocenters. The molecule has 1 N–H and O–H groups in total. The van der Waals surface area contributed by atoms with Crippen molar-refractivity contribution < 1.29 is 14.7 Å². The third-order valence-corrected chi connectivity index (χ3v) is 3.23. The number of diazo groups is 1. The largest absolute Gasteiger partial charge is 0.504 e. The molecule has 1 aliphatic rings. The Morgan fingerprint density at radius 3 is 2.15 bits per heavy atom. The van der Waals surface area contributed by atoms with E-state index in [1.807, 2.05) is 0 Å². The standard InChI is InChI=1S/C14H13N3O3/c1-8(2)12(11(18)7-16-15)17-13(19)9-5-3-4-6-10(9)14(17)20/h3-8,12H,1-2H3/p+1/t12-/m0/s1. The lowest BCUT2D eigenvalue weighted by molar-refractivity contribution is 0.0531. The van der Waals surface area contributed by atoms with Crippen molar-refractivity contribution in [3.8, 4) is 0 Å². The number of hydrogen-bond acceptors (Lipinski definition) is 4. The summed E-state index contributed by atoms with van der Waals surface area (Å²) in [6, 6.07) is 5.64. The Labute approximate surface area is 115 Å². The number of aliphatic hydroxyl groups excluding tert-OH is 1. The zero-order chi connectivity index (χ0) is 14.9. The normalized spacial score (nSPS) is 16.3. The van der Waals surface area contributed by atoms with Gasteiger partial charge in [-0.3, -0.25) is 14.5 Å². The number of amides is 2. The van der Waals surface area contributed by atoms with Crippen molar-refractivity contribution in [2.75, 3.05) is 0 Å². The second-order valence-electron chi connectivity index (χ2n) is 4.88. The van der Waals surface area contributed by atoms with Crippen LogP contribution in [0.3, 0.4) is 0 Å². The quantitative estimate of drug-likeness (QED) is 0.520. The molecule has 0 fully saturated rings. The predicted octanol–water partition coefficient (Wildman–Crippen LogP) is 2.56. The van der Waals surface area contributed by atoms with Gasteiger partial charge in [-0.15, -0.1) is 0 Å².